The number of aromatic nitrogens is 2. The molecule has 0 aliphatic heterocycles. The molecule has 0 saturated carbocycles. The van der Waals surface area contributed by atoms with Crippen LogP contribution in [0.1, 0.15) is 18.1 Å². The summed E-state index contributed by atoms with van der Waals surface area (Å²) in [6.45, 7) is 5.98. The Morgan fingerprint density at radius 2 is 1.60 bits per heavy atom. The normalized spacial score (nSPS) is 12.0. The second kappa shape index (κ2) is 7.80. The van der Waals surface area contributed by atoms with E-state index in [1.54, 1.807) is 0 Å². The summed E-state index contributed by atoms with van der Waals surface area (Å²) in [4.78, 5) is 13.5. The van der Waals surface area contributed by atoms with E-state index in [9.17, 15) is 4.79 Å². The number of aryl methyl sites for hydroxylation is 2. The molecule has 3 aromatic rings. The van der Waals surface area contributed by atoms with Crippen LogP contribution < -0.4 is 5.32 Å². The van der Waals surface area contributed by atoms with Crippen molar-refractivity contribution < 1.29 is 4.79 Å². The number of carbonyl (C=O) groups is 1. The van der Waals surface area contributed by atoms with Crippen LogP contribution in [-0.4, -0.2) is 21.4 Å². The van der Waals surface area contributed by atoms with Crippen molar-refractivity contribution in [3.05, 3.63) is 59.7 Å². The molecule has 1 amide bonds. The van der Waals surface area contributed by atoms with Crippen molar-refractivity contribution in [1.29, 1.82) is 0 Å². The Hall–Kier alpha value is -2.18. The number of hydrogen-bond donors (Lipinski definition) is 1. The molecule has 0 aliphatic carbocycles. The molecular weight excluding hydrogens is 350 g/mol. The second-order valence-corrected chi connectivity index (χ2v) is 8.23. The lowest BCUT2D eigenvalue weighted by molar-refractivity contribution is -0.115. The van der Waals surface area contributed by atoms with Crippen LogP contribution in [-0.2, 0) is 4.79 Å². The zero-order chi connectivity index (χ0) is 17.8. The van der Waals surface area contributed by atoms with Crippen LogP contribution in [0, 0.1) is 13.8 Å². The minimum absolute atomic E-state index is 0.0721. The summed E-state index contributed by atoms with van der Waals surface area (Å²) >= 11 is 2.91. The molecule has 0 aliphatic rings. The molecule has 25 heavy (non-hydrogen) atoms. The van der Waals surface area contributed by atoms with Crippen molar-refractivity contribution in [3.63, 3.8) is 0 Å². The topological polar surface area (TPSA) is 54.9 Å². The molecule has 4 nitrogen and oxygen atoms in total. The monoisotopic (exact) mass is 369 g/mol. The molecule has 1 N–H and O–H groups in total. The summed E-state index contributed by atoms with van der Waals surface area (Å²) in [6.07, 6.45) is 0. The molecule has 2 aromatic carbocycles. The quantitative estimate of drug-likeness (QED) is 0.647. The molecule has 0 saturated heterocycles. The molecule has 0 fully saturated rings. The summed E-state index contributed by atoms with van der Waals surface area (Å²) in [6, 6.07) is 16.3. The molecule has 1 unspecified atom stereocenters. The summed E-state index contributed by atoms with van der Waals surface area (Å²) in [5, 5.41) is 12.2. The Morgan fingerprint density at radius 3 is 2.24 bits per heavy atom. The average molecular weight is 370 g/mol. The number of thioether (sulfide) groups is 1. The van der Waals surface area contributed by atoms with E-state index < -0.39 is 0 Å². The Bertz CT molecular complexity index is 857. The van der Waals surface area contributed by atoms with Crippen molar-refractivity contribution in [2.45, 2.75) is 30.9 Å². The minimum Gasteiger partial charge on any atom is -0.300 e. The van der Waals surface area contributed by atoms with E-state index in [0.717, 1.165) is 15.5 Å². The first kappa shape index (κ1) is 17.6. The largest absolute Gasteiger partial charge is 0.300 e. The minimum atomic E-state index is -0.213. The maximum Gasteiger partial charge on any atom is 0.239 e. The predicted octanol–water partition coefficient (Wildman–Crippen LogP) is 4.94. The van der Waals surface area contributed by atoms with Gasteiger partial charge in [0.15, 0.2) is 0 Å². The van der Waals surface area contributed by atoms with Crippen LogP contribution in [0.2, 0.25) is 0 Å². The van der Waals surface area contributed by atoms with Gasteiger partial charge in [0.1, 0.15) is 5.01 Å². The Morgan fingerprint density at radius 1 is 1.00 bits per heavy atom. The van der Waals surface area contributed by atoms with Crippen molar-refractivity contribution >= 4 is 34.1 Å². The number of benzene rings is 2. The number of carbonyl (C=O) groups excluding carboxylic acids is 1. The van der Waals surface area contributed by atoms with Crippen LogP contribution in [0.3, 0.4) is 0 Å². The fourth-order valence-electron chi connectivity index (χ4n) is 2.17. The SMILES string of the molecule is Cc1ccc(SC(C)C(=O)Nc2nnc(-c3ccc(C)cc3)s2)cc1. The van der Waals surface area contributed by atoms with Gasteiger partial charge in [-0.25, -0.2) is 0 Å². The van der Waals surface area contributed by atoms with Gasteiger partial charge in [0.25, 0.3) is 0 Å². The van der Waals surface area contributed by atoms with Gasteiger partial charge < -0.3 is 0 Å². The first-order valence-electron chi connectivity index (χ1n) is 7.96. The summed E-state index contributed by atoms with van der Waals surface area (Å²) < 4.78 is 0. The second-order valence-electron chi connectivity index (χ2n) is 5.84. The van der Waals surface area contributed by atoms with E-state index in [2.05, 4.69) is 15.5 Å². The molecule has 1 aromatic heterocycles. The highest BCUT2D eigenvalue weighted by Gasteiger charge is 2.17. The molecule has 6 heteroatoms. The zero-order valence-electron chi connectivity index (χ0n) is 14.3. The first-order valence-corrected chi connectivity index (χ1v) is 9.65. The fourth-order valence-corrected chi connectivity index (χ4v) is 3.79. The number of hydrogen-bond acceptors (Lipinski definition) is 5. The Kier molecular flexibility index (Phi) is 5.50. The molecule has 128 valence electrons. The van der Waals surface area contributed by atoms with Gasteiger partial charge in [0, 0.05) is 10.5 Å². The average Bonchev–Trinajstić information content (AvgIpc) is 3.06. The third-order valence-electron chi connectivity index (χ3n) is 3.66. The summed E-state index contributed by atoms with van der Waals surface area (Å²) in [5.41, 5.74) is 3.41. The number of nitrogens with one attached hydrogen (secondary N) is 1. The Labute approximate surface area is 155 Å². The third kappa shape index (κ3) is 4.67. The lowest BCUT2D eigenvalue weighted by atomic mass is 10.2. The molecule has 0 spiro atoms. The van der Waals surface area contributed by atoms with Crippen molar-refractivity contribution in [2.24, 2.45) is 0 Å². The smallest absolute Gasteiger partial charge is 0.239 e. The van der Waals surface area contributed by atoms with Gasteiger partial charge in [-0.2, -0.15) is 0 Å². The molecule has 3 rings (SSSR count). The molecular formula is C19H19N3OS2. The molecule has 0 radical (unpaired) electrons. The van der Waals surface area contributed by atoms with Gasteiger partial charge in [0.2, 0.25) is 11.0 Å². The van der Waals surface area contributed by atoms with E-state index in [0.29, 0.717) is 5.13 Å². The molecule has 1 heterocycles. The van der Waals surface area contributed by atoms with Crippen molar-refractivity contribution in [2.75, 3.05) is 5.32 Å². The van der Waals surface area contributed by atoms with E-state index >= 15 is 0 Å². The number of anilines is 1. The lowest BCUT2D eigenvalue weighted by Gasteiger charge is -2.10. The van der Waals surface area contributed by atoms with Crippen molar-refractivity contribution in [3.8, 4) is 10.6 Å². The van der Waals surface area contributed by atoms with E-state index in [1.807, 2.05) is 69.3 Å². The third-order valence-corrected chi connectivity index (χ3v) is 5.66. The Balaban J connectivity index is 1.62. The van der Waals surface area contributed by atoms with E-state index in [1.165, 1.54) is 34.2 Å². The number of amides is 1. The van der Waals surface area contributed by atoms with Crippen molar-refractivity contribution in [1.82, 2.24) is 10.2 Å². The van der Waals surface area contributed by atoms with Gasteiger partial charge in [-0.1, -0.05) is 58.9 Å². The highest BCUT2D eigenvalue weighted by atomic mass is 32.2. The first-order chi connectivity index (χ1) is 12.0. The van der Waals surface area contributed by atoms with Gasteiger partial charge in [-0.05, 0) is 32.9 Å². The highest BCUT2D eigenvalue weighted by molar-refractivity contribution is 8.00. The maximum atomic E-state index is 12.4. The van der Waals surface area contributed by atoms with Crippen LogP contribution in [0.4, 0.5) is 5.13 Å². The highest BCUT2D eigenvalue weighted by Crippen LogP contribution is 2.28. The van der Waals surface area contributed by atoms with Gasteiger partial charge in [-0.3, -0.25) is 10.1 Å². The molecule has 0 bridgehead atoms. The summed E-state index contributed by atoms with van der Waals surface area (Å²) in [7, 11) is 0. The van der Waals surface area contributed by atoms with Crippen LogP contribution in [0.25, 0.3) is 10.6 Å². The standard InChI is InChI=1S/C19H19N3OS2/c1-12-4-8-15(9-5-12)18-21-22-19(25-18)20-17(23)14(3)24-16-10-6-13(2)7-11-16/h4-11,14H,1-3H3,(H,20,22,23). The van der Waals surface area contributed by atoms with Crippen LogP contribution in [0.5, 0.6) is 0 Å². The predicted molar refractivity (Wildman–Crippen MR) is 105 cm³/mol. The molecule has 1 atom stereocenters. The summed E-state index contributed by atoms with van der Waals surface area (Å²) in [5.74, 6) is -0.0721. The van der Waals surface area contributed by atoms with Gasteiger partial charge in [0.05, 0.1) is 5.25 Å². The lowest BCUT2D eigenvalue weighted by Crippen LogP contribution is -2.22. The van der Waals surface area contributed by atoms with Gasteiger partial charge in [-0.15, -0.1) is 22.0 Å². The number of rotatable bonds is 5. The van der Waals surface area contributed by atoms with Crippen LogP contribution in [0.15, 0.2) is 53.4 Å². The zero-order valence-corrected chi connectivity index (χ0v) is 15.9. The number of nitrogens with zero attached hydrogens (tertiary/aromatic N) is 2. The maximum absolute atomic E-state index is 12.4. The van der Waals surface area contributed by atoms with Gasteiger partial charge >= 0.3 is 0 Å². The van der Waals surface area contributed by atoms with E-state index in [-0.39, 0.29) is 11.2 Å². The van der Waals surface area contributed by atoms with E-state index in [4.69, 9.17) is 0 Å². The fraction of sp³-hybridized carbons (Fsp3) is 0.211. The van der Waals surface area contributed by atoms with Crippen LogP contribution >= 0.6 is 23.1 Å².